The van der Waals surface area contributed by atoms with Gasteiger partial charge in [-0.3, -0.25) is 9.36 Å². The third-order valence-corrected chi connectivity index (χ3v) is 6.58. The van der Waals surface area contributed by atoms with Gasteiger partial charge in [-0.25, -0.2) is 0 Å². The SMILES string of the molecule is COc1ccc(-c2nnc(S[C@H]3CCOC3=O)n2C2CCCCC2)cc1OC. The van der Waals surface area contributed by atoms with Crippen LogP contribution in [-0.2, 0) is 9.53 Å². The van der Waals surface area contributed by atoms with Crippen molar-refractivity contribution in [3.8, 4) is 22.9 Å². The molecule has 2 aliphatic rings. The fourth-order valence-corrected chi connectivity index (χ4v) is 4.98. The first-order chi connectivity index (χ1) is 13.7. The second-order valence-corrected chi connectivity index (χ2v) is 8.27. The maximum atomic E-state index is 12.0. The lowest BCUT2D eigenvalue weighted by molar-refractivity contribution is -0.137. The van der Waals surface area contributed by atoms with Gasteiger partial charge in [-0.15, -0.1) is 10.2 Å². The molecule has 2 fully saturated rings. The summed E-state index contributed by atoms with van der Waals surface area (Å²) in [6.45, 7) is 0.483. The zero-order chi connectivity index (χ0) is 19.5. The normalized spacial score (nSPS) is 20.2. The predicted molar refractivity (Wildman–Crippen MR) is 106 cm³/mol. The summed E-state index contributed by atoms with van der Waals surface area (Å²) in [6, 6.07) is 6.13. The molecule has 1 saturated carbocycles. The Morgan fingerprint density at radius 3 is 2.54 bits per heavy atom. The number of hydrogen-bond donors (Lipinski definition) is 0. The molecule has 2 heterocycles. The largest absolute Gasteiger partial charge is 0.493 e. The van der Waals surface area contributed by atoms with E-state index in [9.17, 15) is 4.79 Å². The zero-order valence-electron chi connectivity index (χ0n) is 16.2. The van der Waals surface area contributed by atoms with Crippen molar-refractivity contribution in [1.29, 1.82) is 0 Å². The van der Waals surface area contributed by atoms with Crippen LogP contribution in [0.2, 0.25) is 0 Å². The van der Waals surface area contributed by atoms with Crippen LogP contribution in [0.1, 0.15) is 44.6 Å². The fraction of sp³-hybridized carbons (Fsp3) is 0.550. The molecule has 0 amide bonds. The van der Waals surface area contributed by atoms with Crippen molar-refractivity contribution in [2.24, 2.45) is 0 Å². The highest BCUT2D eigenvalue weighted by Crippen LogP contribution is 2.39. The number of aromatic nitrogens is 3. The summed E-state index contributed by atoms with van der Waals surface area (Å²) < 4.78 is 18.2. The Balaban J connectivity index is 1.73. The summed E-state index contributed by atoms with van der Waals surface area (Å²) in [6.07, 6.45) is 6.57. The molecule has 8 heteroatoms. The number of rotatable bonds is 6. The maximum Gasteiger partial charge on any atom is 0.319 e. The summed E-state index contributed by atoms with van der Waals surface area (Å²) in [5, 5.41) is 9.55. The van der Waals surface area contributed by atoms with Crippen LogP contribution in [0, 0.1) is 0 Å². The van der Waals surface area contributed by atoms with E-state index < -0.39 is 0 Å². The third-order valence-electron chi connectivity index (χ3n) is 5.38. The van der Waals surface area contributed by atoms with Gasteiger partial charge in [-0.05, 0) is 31.0 Å². The molecule has 1 aliphatic heterocycles. The molecule has 2 aromatic rings. The van der Waals surface area contributed by atoms with Crippen LogP contribution in [0.3, 0.4) is 0 Å². The first kappa shape index (κ1) is 19.1. The molecular weight excluding hydrogens is 378 g/mol. The van der Waals surface area contributed by atoms with Gasteiger partial charge in [0.2, 0.25) is 0 Å². The second kappa shape index (κ2) is 8.43. The van der Waals surface area contributed by atoms with Gasteiger partial charge in [-0.2, -0.15) is 0 Å². The van der Waals surface area contributed by atoms with E-state index in [1.165, 1.54) is 31.0 Å². The van der Waals surface area contributed by atoms with E-state index in [2.05, 4.69) is 14.8 Å². The number of cyclic esters (lactones) is 1. The van der Waals surface area contributed by atoms with E-state index in [0.29, 0.717) is 30.6 Å². The lowest BCUT2D eigenvalue weighted by Gasteiger charge is -2.26. The van der Waals surface area contributed by atoms with Crippen molar-refractivity contribution < 1.29 is 19.0 Å². The average Bonchev–Trinajstić information content (AvgIpc) is 3.34. The Morgan fingerprint density at radius 2 is 1.86 bits per heavy atom. The Kier molecular flexibility index (Phi) is 5.75. The smallest absolute Gasteiger partial charge is 0.319 e. The molecule has 0 bridgehead atoms. The molecule has 0 unspecified atom stereocenters. The molecule has 4 rings (SSSR count). The summed E-state index contributed by atoms with van der Waals surface area (Å²) >= 11 is 1.47. The van der Waals surface area contributed by atoms with Crippen LogP contribution in [0.25, 0.3) is 11.4 Å². The van der Waals surface area contributed by atoms with Gasteiger partial charge in [-0.1, -0.05) is 31.0 Å². The number of nitrogens with zero attached hydrogens (tertiary/aromatic N) is 3. The maximum absolute atomic E-state index is 12.0. The van der Waals surface area contributed by atoms with Crippen molar-refractivity contribution in [1.82, 2.24) is 14.8 Å². The van der Waals surface area contributed by atoms with Gasteiger partial charge in [0.05, 0.1) is 20.8 Å². The van der Waals surface area contributed by atoms with Crippen LogP contribution in [0.4, 0.5) is 0 Å². The van der Waals surface area contributed by atoms with Gasteiger partial charge in [0.25, 0.3) is 0 Å². The van der Waals surface area contributed by atoms with Crippen LogP contribution in [0.15, 0.2) is 23.4 Å². The number of methoxy groups -OCH3 is 2. The topological polar surface area (TPSA) is 75.5 Å². The van der Waals surface area contributed by atoms with Crippen LogP contribution in [-0.4, -0.2) is 46.8 Å². The highest BCUT2D eigenvalue weighted by atomic mass is 32.2. The fourth-order valence-electron chi connectivity index (χ4n) is 3.91. The summed E-state index contributed by atoms with van der Waals surface area (Å²) in [5.74, 6) is 1.99. The van der Waals surface area contributed by atoms with E-state index >= 15 is 0 Å². The number of carbonyl (C=O) groups excluding carboxylic acids is 1. The van der Waals surface area contributed by atoms with E-state index in [0.717, 1.165) is 29.4 Å². The molecular formula is C20H25N3O4S. The zero-order valence-corrected chi connectivity index (χ0v) is 17.0. The molecule has 1 aromatic heterocycles. The van der Waals surface area contributed by atoms with E-state index in [1.54, 1.807) is 14.2 Å². The summed E-state index contributed by atoms with van der Waals surface area (Å²) in [4.78, 5) is 12.0. The molecule has 7 nitrogen and oxygen atoms in total. The Morgan fingerprint density at radius 1 is 1.07 bits per heavy atom. The lowest BCUT2D eigenvalue weighted by Crippen LogP contribution is -2.17. The van der Waals surface area contributed by atoms with Gasteiger partial charge in [0.1, 0.15) is 5.25 Å². The second-order valence-electron chi connectivity index (χ2n) is 7.10. The molecule has 1 aromatic carbocycles. The highest BCUT2D eigenvalue weighted by molar-refractivity contribution is 8.00. The lowest BCUT2D eigenvalue weighted by atomic mass is 9.95. The number of esters is 1. The van der Waals surface area contributed by atoms with E-state index in [-0.39, 0.29) is 11.2 Å². The molecule has 150 valence electrons. The van der Waals surface area contributed by atoms with Gasteiger partial charge < -0.3 is 14.2 Å². The number of carbonyl (C=O) groups is 1. The molecule has 0 spiro atoms. The van der Waals surface area contributed by atoms with E-state index in [1.807, 2.05) is 18.2 Å². The van der Waals surface area contributed by atoms with Crippen molar-refractivity contribution in [3.63, 3.8) is 0 Å². The van der Waals surface area contributed by atoms with Crippen LogP contribution in [0.5, 0.6) is 11.5 Å². The van der Waals surface area contributed by atoms with Crippen molar-refractivity contribution in [2.45, 2.75) is 55.0 Å². The van der Waals surface area contributed by atoms with Gasteiger partial charge in [0.15, 0.2) is 22.5 Å². The van der Waals surface area contributed by atoms with Crippen LogP contribution < -0.4 is 9.47 Å². The number of hydrogen-bond acceptors (Lipinski definition) is 7. The molecule has 0 radical (unpaired) electrons. The minimum atomic E-state index is -0.204. The average molecular weight is 404 g/mol. The van der Waals surface area contributed by atoms with Crippen molar-refractivity contribution in [2.75, 3.05) is 20.8 Å². The highest BCUT2D eigenvalue weighted by Gasteiger charge is 2.32. The van der Waals surface area contributed by atoms with Crippen LogP contribution >= 0.6 is 11.8 Å². The quantitative estimate of drug-likeness (QED) is 0.678. The standard InChI is InChI=1S/C20H25N3O4S/c1-25-15-9-8-13(12-16(15)26-2)18-21-22-20(28-17-10-11-27-19(17)24)23(18)14-6-4-3-5-7-14/h8-9,12,14,17H,3-7,10-11H2,1-2H3/t17-/m0/s1. The first-order valence-corrected chi connectivity index (χ1v) is 10.6. The number of thioether (sulfide) groups is 1. The number of ether oxygens (including phenoxy) is 3. The molecule has 1 aliphatic carbocycles. The van der Waals surface area contributed by atoms with Gasteiger partial charge >= 0.3 is 5.97 Å². The molecule has 28 heavy (non-hydrogen) atoms. The predicted octanol–water partition coefficient (Wildman–Crippen LogP) is 3.88. The first-order valence-electron chi connectivity index (χ1n) is 9.72. The third kappa shape index (κ3) is 3.70. The van der Waals surface area contributed by atoms with Crippen molar-refractivity contribution in [3.05, 3.63) is 18.2 Å². The molecule has 0 N–H and O–H groups in total. The Bertz CT molecular complexity index is 848. The number of benzene rings is 1. The van der Waals surface area contributed by atoms with E-state index in [4.69, 9.17) is 14.2 Å². The molecule has 1 atom stereocenters. The minimum absolute atomic E-state index is 0.157. The monoisotopic (exact) mass is 403 g/mol. The van der Waals surface area contributed by atoms with Crippen molar-refractivity contribution >= 4 is 17.7 Å². The molecule has 1 saturated heterocycles. The summed E-state index contributed by atoms with van der Waals surface area (Å²) in [7, 11) is 3.25. The Hall–Kier alpha value is -2.22. The minimum Gasteiger partial charge on any atom is -0.493 e. The summed E-state index contributed by atoms with van der Waals surface area (Å²) in [5.41, 5.74) is 0.927. The Labute approximate surface area is 168 Å². The van der Waals surface area contributed by atoms with Gasteiger partial charge in [0, 0.05) is 18.0 Å².